The van der Waals surface area contributed by atoms with E-state index in [0.717, 1.165) is 0 Å². The molecule has 1 saturated heterocycles. The lowest BCUT2D eigenvalue weighted by Crippen LogP contribution is -2.38. The third kappa shape index (κ3) is 2.48. The Morgan fingerprint density at radius 2 is 2.05 bits per heavy atom. The molecule has 0 saturated carbocycles. The Balaban J connectivity index is 1.91. The second-order valence-corrected chi connectivity index (χ2v) is 5.54. The molecule has 0 radical (unpaired) electrons. The quantitative estimate of drug-likeness (QED) is 0.679. The second-order valence-electron chi connectivity index (χ2n) is 4.76. The third-order valence-electron chi connectivity index (χ3n) is 3.46. The van der Waals surface area contributed by atoms with Gasteiger partial charge >= 0.3 is 0 Å². The van der Waals surface area contributed by atoms with Crippen LogP contribution in [0.4, 0.5) is 0 Å². The van der Waals surface area contributed by atoms with E-state index < -0.39 is 31.2 Å². The molecule has 1 aliphatic rings. The van der Waals surface area contributed by atoms with Crippen molar-refractivity contribution in [2.45, 2.75) is 24.6 Å². The topological polar surface area (TPSA) is 94.9 Å². The summed E-state index contributed by atoms with van der Waals surface area (Å²) in [7, 11) is 0. The molecule has 3 rings (SSSR count). The molecule has 0 amide bonds. The molecule has 6 nitrogen and oxygen atoms in total. The number of H-pyrrole nitrogens is 1. The van der Waals surface area contributed by atoms with Gasteiger partial charge in [-0.15, -0.1) is 0 Å². The first-order valence-electron chi connectivity index (χ1n) is 6.27. The summed E-state index contributed by atoms with van der Waals surface area (Å²) in [6.45, 7) is -0.409. The van der Waals surface area contributed by atoms with Crippen molar-refractivity contribution in [3.8, 4) is 5.75 Å². The first kappa shape index (κ1) is 14.9. The number of rotatable bonds is 3. The summed E-state index contributed by atoms with van der Waals surface area (Å²) in [5, 5.41) is 30.2. The Bertz CT molecular complexity index is 661. The average Bonchev–Trinajstić information content (AvgIpc) is 2.99. The van der Waals surface area contributed by atoms with E-state index in [1.54, 1.807) is 18.3 Å². The minimum atomic E-state index is -1.33. The van der Waals surface area contributed by atoms with Gasteiger partial charge in [0.1, 0.15) is 18.0 Å². The van der Waals surface area contributed by atoms with Crippen molar-refractivity contribution < 1.29 is 24.8 Å². The van der Waals surface area contributed by atoms with Gasteiger partial charge in [-0.05, 0) is 12.1 Å². The summed E-state index contributed by atoms with van der Waals surface area (Å²) in [6.07, 6.45) is -2.80. The van der Waals surface area contributed by atoms with Crippen LogP contribution in [0.2, 0.25) is 10.0 Å². The third-order valence-corrected chi connectivity index (χ3v) is 4.27. The predicted molar refractivity (Wildman–Crippen MR) is 76.7 cm³/mol. The number of aliphatic hydroxyl groups excluding tert-OH is 3. The summed E-state index contributed by atoms with van der Waals surface area (Å²) < 4.78 is 10.6. The molecule has 0 bridgehead atoms. The number of aliphatic hydroxyl groups is 3. The molecule has 0 spiro atoms. The standard InChI is InChI=1S/C13H13Cl2NO5/c14-6-2-1-5-7(3-16-10(5)9(6)15)20-12-11(18)8(4-17)21-13(12)19/h1-3,8,11-13,16-19H,4H2/t8-,11-,12+,13+/m0/s1. The maximum absolute atomic E-state index is 9.96. The summed E-state index contributed by atoms with van der Waals surface area (Å²) >= 11 is 12.0. The fraction of sp³-hybridized carbons (Fsp3) is 0.385. The van der Waals surface area contributed by atoms with Gasteiger partial charge in [-0.3, -0.25) is 0 Å². The number of halogens is 2. The minimum absolute atomic E-state index is 0.362. The normalized spacial score (nSPS) is 29.2. The lowest BCUT2D eigenvalue weighted by molar-refractivity contribution is -0.128. The van der Waals surface area contributed by atoms with Crippen molar-refractivity contribution in [2.24, 2.45) is 0 Å². The highest BCUT2D eigenvalue weighted by molar-refractivity contribution is 6.45. The minimum Gasteiger partial charge on any atom is -0.480 e. The van der Waals surface area contributed by atoms with Crippen LogP contribution in [0.25, 0.3) is 10.9 Å². The summed E-state index contributed by atoms with van der Waals surface area (Å²) in [6, 6.07) is 3.34. The van der Waals surface area contributed by atoms with Crippen LogP contribution in [0.5, 0.6) is 5.75 Å². The zero-order valence-electron chi connectivity index (χ0n) is 10.7. The zero-order valence-corrected chi connectivity index (χ0v) is 12.2. The Morgan fingerprint density at radius 3 is 2.71 bits per heavy atom. The van der Waals surface area contributed by atoms with E-state index in [0.29, 0.717) is 26.7 Å². The molecule has 8 heteroatoms. The van der Waals surface area contributed by atoms with E-state index in [2.05, 4.69) is 4.98 Å². The molecule has 114 valence electrons. The van der Waals surface area contributed by atoms with Crippen molar-refractivity contribution in [3.05, 3.63) is 28.4 Å². The van der Waals surface area contributed by atoms with Gasteiger partial charge in [-0.2, -0.15) is 0 Å². The molecular weight excluding hydrogens is 321 g/mol. The first-order valence-corrected chi connectivity index (χ1v) is 7.02. The SMILES string of the molecule is OC[C@@H]1O[C@@H](O)[C@H](Oc2c[nH]c3c(Cl)c(Cl)ccc23)[C@H]1O. The van der Waals surface area contributed by atoms with Crippen LogP contribution in [-0.2, 0) is 4.74 Å². The highest BCUT2D eigenvalue weighted by Gasteiger charge is 2.44. The lowest BCUT2D eigenvalue weighted by atomic mass is 10.1. The fourth-order valence-corrected chi connectivity index (χ4v) is 2.73. The van der Waals surface area contributed by atoms with Gasteiger partial charge in [0.2, 0.25) is 0 Å². The first-order chi connectivity index (χ1) is 10.0. The van der Waals surface area contributed by atoms with Gasteiger partial charge in [0.25, 0.3) is 0 Å². The molecule has 0 unspecified atom stereocenters. The summed E-state index contributed by atoms with van der Waals surface area (Å²) in [4.78, 5) is 2.93. The van der Waals surface area contributed by atoms with Gasteiger partial charge in [-0.1, -0.05) is 23.2 Å². The monoisotopic (exact) mass is 333 g/mol. The zero-order chi connectivity index (χ0) is 15.1. The van der Waals surface area contributed by atoms with Gasteiger partial charge in [-0.25, -0.2) is 0 Å². The number of ether oxygens (including phenoxy) is 2. The number of hydrogen-bond donors (Lipinski definition) is 4. The lowest BCUT2D eigenvalue weighted by Gasteiger charge is -2.18. The molecule has 1 aromatic carbocycles. The van der Waals surface area contributed by atoms with Gasteiger partial charge in [0.15, 0.2) is 12.4 Å². The van der Waals surface area contributed by atoms with Gasteiger partial charge in [0, 0.05) is 11.6 Å². The van der Waals surface area contributed by atoms with Crippen molar-refractivity contribution in [1.29, 1.82) is 0 Å². The van der Waals surface area contributed by atoms with Crippen LogP contribution in [0.15, 0.2) is 18.3 Å². The van der Waals surface area contributed by atoms with Crippen molar-refractivity contribution in [3.63, 3.8) is 0 Å². The molecular formula is C13H13Cl2NO5. The van der Waals surface area contributed by atoms with E-state index in [1.807, 2.05) is 0 Å². The summed E-state index contributed by atoms with van der Waals surface area (Å²) in [5.41, 5.74) is 0.598. The van der Waals surface area contributed by atoms with E-state index in [-0.39, 0.29) is 0 Å². The van der Waals surface area contributed by atoms with Crippen LogP contribution in [0.1, 0.15) is 0 Å². The Kier molecular flexibility index (Phi) is 4.00. The average molecular weight is 334 g/mol. The maximum Gasteiger partial charge on any atom is 0.195 e. The van der Waals surface area contributed by atoms with E-state index >= 15 is 0 Å². The molecule has 2 heterocycles. The molecule has 1 aliphatic heterocycles. The summed E-state index contributed by atoms with van der Waals surface area (Å²) in [5.74, 6) is 0.397. The number of nitrogens with one attached hydrogen (secondary N) is 1. The Morgan fingerprint density at radius 1 is 1.29 bits per heavy atom. The largest absolute Gasteiger partial charge is 0.480 e. The smallest absolute Gasteiger partial charge is 0.195 e. The van der Waals surface area contributed by atoms with Crippen LogP contribution in [-0.4, -0.2) is 51.5 Å². The molecule has 0 aliphatic carbocycles. The molecule has 2 aromatic rings. The van der Waals surface area contributed by atoms with E-state index in [4.69, 9.17) is 37.8 Å². The number of aromatic nitrogens is 1. The molecule has 4 atom stereocenters. The van der Waals surface area contributed by atoms with Gasteiger partial charge < -0.3 is 29.8 Å². The van der Waals surface area contributed by atoms with E-state index in [1.165, 1.54) is 0 Å². The van der Waals surface area contributed by atoms with Crippen LogP contribution in [0, 0.1) is 0 Å². The van der Waals surface area contributed by atoms with Crippen LogP contribution >= 0.6 is 23.2 Å². The highest BCUT2D eigenvalue weighted by Crippen LogP contribution is 2.36. The van der Waals surface area contributed by atoms with Gasteiger partial charge in [0.05, 0.1) is 22.2 Å². The maximum atomic E-state index is 9.96. The molecule has 21 heavy (non-hydrogen) atoms. The predicted octanol–water partition coefficient (Wildman–Crippen LogP) is 1.29. The highest BCUT2D eigenvalue weighted by atomic mass is 35.5. The fourth-order valence-electron chi connectivity index (χ4n) is 2.35. The van der Waals surface area contributed by atoms with Crippen LogP contribution in [0.3, 0.4) is 0 Å². The molecule has 1 aromatic heterocycles. The number of benzene rings is 1. The second kappa shape index (κ2) is 5.64. The van der Waals surface area contributed by atoms with Crippen molar-refractivity contribution in [1.82, 2.24) is 4.98 Å². The van der Waals surface area contributed by atoms with E-state index in [9.17, 15) is 10.2 Å². The van der Waals surface area contributed by atoms with Crippen molar-refractivity contribution in [2.75, 3.05) is 6.61 Å². The van der Waals surface area contributed by atoms with Crippen molar-refractivity contribution >= 4 is 34.1 Å². The number of hydrogen-bond acceptors (Lipinski definition) is 5. The number of aromatic amines is 1. The van der Waals surface area contributed by atoms with Crippen LogP contribution < -0.4 is 4.74 Å². The Labute approximate surface area is 129 Å². The molecule has 1 fully saturated rings. The number of fused-ring (bicyclic) bond motifs is 1. The molecule has 4 N–H and O–H groups in total. The Hall–Kier alpha value is -1.02.